The molecule has 1 aromatic rings. The first-order valence-corrected chi connectivity index (χ1v) is 14.3. The number of halogens is 1. The van der Waals surface area contributed by atoms with E-state index in [9.17, 15) is 4.57 Å². The molecule has 0 aromatic heterocycles. The topological polar surface area (TPSA) is 17.1 Å². The molecule has 0 atom stereocenters. The van der Waals surface area contributed by atoms with E-state index in [1.807, 2.05) is 0 Å². The van der Waals surface area contributed by atoms with Crippen LogP contribution in [0.5, 0.6) is 0 Å². The molecule has 1 nitrogen and oxygen atoms in total. The van der Waals surface area contributed by atoms with E-state index in [2.05, 4.69) is 121 Å². The van der Waals surface area contributed by atoms with Crippen LogP contribution in [0, 0.1) is 7.43 Å². The van der Waals surface area contributed by atoms with Gasteiger partial charge in [0, 0.05) is 18.2 Å². The van der Waals surface area contributed by atoms with Gasteiger partial charge in [0.2, 0.25) is 0 Å². The summed E-state index contributed by atoms with van der Waals surface area (Å²) in [5.41, 5.74) is 1.27. The van der Waals surface area contributed by atoms with E-state index in [0.29, 0.717) is 11.3 Å². The van der Waals surface area contributed by atoms with Gasteiger partial charge in [0.15, 0.2) is 0 Å². The Balaban J connectivity index is 0. The third-order valence-corrected chi connectivity index (χ3v) is 13.3. The van der Waals surface area contributed by atoms with Gasteiger partial charge in [-0.15, -0.1) is 0 Å². The Kier molecular flexibility index (Phi) is 12.4. The third kappa shape index (κ3) is 6.16. The van der Waals surface area contributed by atoms with Gasteiger partial charge >= 0.3 is 27.7 Å². The first-order valence-electron chi connectivity index (χ1n) is 8.94. The van der Waals surface area contributed by atoms with E-state index in [4.69, 9.17) is 0 Å². The summed E-state index contributed by atoms with van der Waals surface area (Å²) in [7, 11) is 1.14. The van der Waals surface area contributed by atoms with Crippen LogP contribution in [0.25, 0.3) is 0 Å². The summed E-state index contributed by atoms with van der Waals surface area (Å²) >= 11 is 2.22. The van der Waals surface area contributed by atoms with E-state index in [0.717, 1.165) is 5.30 Å². The molecule has 0 aliphatic rings. The monoisotopic (exact) mass is 511 g/mol. The van der Waals surface area contributed by atoms with Crippen molar-refractivity contribution in [3.63, 3.8) is 0 Å². The first-order chi connectivity index (χ1) is 11.2. The standard InChI is InChI=1S/C20H36OP2.CH3.ClH.Pd/c1-15(2)22(16(3)4)17-13-11-12-14-18(17)23(21,19(5,6)7)20(8,9)10;;;/h11-16H,1-10H3;1H3;1H;/q;-1;;+2. The molecule has 156 valence electrons. The van der Waals surface area contributed by atoms with Gasteiger partial charge in [-0.25, -0.2) is 0 Å². The van der Waals surface area contributed by atoms with E-state index < -0.39 is 15.1 Å². The molecule has 0 saturated heterocycles. The summed E-state index contributed by atoms with van der Waals surface area (Å²) in [5, 5.41) is 2.08. The summed E-state index contributed by atoms with van der Waals surface area (Å²) in [6.07, 6.45) is 0. The summed E-state index contributed by atoms with van der Waals surface area (Å²) in [6.45, 7) is 22.2. The predicted molar refractivity (Wildman–Crippen MR) is 124 cm³/mol. The van der Waals surface area contributed by atoms with E-state index in [-0.39, 0.29) is 17.7 Å². The molecule has 5 heteroatoms. The maximum absolute atomic E-state index is 14.4. The second-order valence-electron chi connectivity index (χ2n) is 9.23. The summed E-state index contributed by atoms with van der Waals surface area (Å²) < 4.78 is 14.4. The molecule has 26 heavy (non-hydrogen) atoms. The van der Waals surface area contributed by atoms with E-state index in [1.165, 1.54) is 5.30 Å². The second kappa shape index (κ2) is 11.1. The SMILES string of the molecule is CC(C)[PH+](c1ccccc1P(=O)(C(C)(C)C)C(C)(C)C)C(C)C.[CH3-].[Cl][Pd+]. The van der Waals surface area contributed by atoms with Gasteiger partial charge in [-0.05, 0) is 39.8 Å². The Morgan fingerprint density at radius 1 is 0.885 bits per heavy atom. The molecule has 0 aliphatic carbocycles. The molecule has 0 fully saturated rings. The van der Waals surface area contributed by atoms with Crippen LogP contribution in [0.15, 0.2) is 24.3 Å². The minimum atomic E-state index is -2.58. The van der Waals surface area contributed by atoms with Crippen LogP contribution in [0.1, 0.15) is 69.2 Å². The van der Waals surface area contributed by atoms with Crippen LogP contribution in [0.4, 0.5) is 0 Å². The fourth-order valence-electron chi connectivity index (χ4n) is 4.01. The number of benzene rings is 1. The molecule has 0 radical (unpaired) electrons. The predicted octanol–water partition coefficient (Wildman–Crippen LogP) is 7.07. The van der Waals surface area contributed by atoms with Gasteiger partial charge in [-0.1, -0.05) is 53.7 Å². The van der Waals surface area contributed by atoms with Crippen LogP contribution in [0.2, 0.25) is 0 Å². The summed E-state index contributed by atoms with van der Waals surface area (Å²) in [6, 6.07) is 8.61. The molecule has 0 unspecified atom stereocenters. The zero-order chi connectivity index (χ0) is 20.2. The molecule has 0 heterocycles. The first kappa shape index (κ1) is 29.0. The van der Waals surface area contributed by atoms with E-state index in [1.54, 1.807) is 0 Å². The van der Waals surface area contributed by atoms with Gasteiger partial charge in [0.05, 0.1) is 16.6 Å². The van der Waals surface area contributed by atoms with Crippen molar-refractivity contribution < 1.29 is 22.7 Å². The zero-order valence-electron chi connectivity index (χ0n) is 18.5. The molecular weight excluding hydrogens is 472 g/mol. The van der Waals surface area contributed by atoms with Gasteiger partial charge in [0.25, 0.3) is 0 Å². The molecule has 1 aromatic carbocycles. The van der Waals surface area contributed by atoms with Crippen molar-refractivity contribution in [1.29, 1.82) is 0 Å². The van der Waals surface area contributed by atoms with Crippen molar-refractivity contribution in [2.24, 2.45) is 0 Å². The van der Waals surface area contributed by atoms with Gasteiger partial charge in [-0.2, -0.15) is 0 Å². The van der Waals surface area contributed by atoms with Crippen molar-refractivity contribution in [3.05, 3.63) is 31.7 Å². The average Bonchev–Trinajstić information content (AvgIpc) is 2.46. The number of hydrogen-bond donors (Lipinski definition) is 0. The van der Waals surface area contributed by atoms with Crippen LogP contribution in [-0.2, 0) is 22.7 Å². The Bertz CT molecular complexity index is 560. The quantitative estimate of drug-likeness (QED) is 0.240. The second-order valence-corrected chi connectivity index (χ2v) is 17.4. The normalized spacial score (nSPS) is 12.8. The number of hydrogen-bond acceptors (Lipinski definition) is 1. The van der Waals surface area contributed by atoms with Gasteiger partial charge < -0.3 is 12.0 Å². The summed E-state index contributed by atoms with van der Waals surface area (Å²) in [4.78, 5) is 0. The van der Waals surface area contributed by atoms with Gasteiger partial charge in [-0.3, -0.25) is 0 Å². The number of rotatable bonds is 4. The molecule has 0 N–H and O–H groups in total. The minimum absolute atomic E-state index is 0. The zero-order valence-corrected chi connectivity index (χ0v) is 22.7. The molecule has 0 amide bonds. The molecule has 0 spiro atoms. The Hall–Kier alpha value is 0.832. The van der Waals surface area contributed by atoms with Crippen molar-refractivity contribution in [1.82, 2.24) is 0 Å². The molecule has 1 rings (SSSR count). The fraction of sp³-hybridized carbons (Fsp3) is 0.667. The van der Waals surface area contributed by atoms with Crippen LogP contribution < -0.4 is 10.6 Å². The Morgan fingerprint density at radius 2 is 1.23 bits per heavy atom. The molecular formula is C21H40ClOP2Pd+. The molecule has 0 bridgehead atoms. The summed E-state index contributed by atoms with van der Waals surface area (Å²) in [5.74, 6) is 0. The van der Waals surface area contributed by atoms with E-state index >= 15 is 0 Å². The molecule has 0 aliphatic heterocycles. The fourth-order valence-corrected chi connectivity index (χ4v) is 12.3. The Morgan fingerprint density at radius 3 is 1.54 bits per heavy atom. The Labute approximate surface area is 180 Å². The maximum atomic E-state index is 14.4. The van der Waals surface area contributed by atoms with Crippen molar-refractivity contribution in [3.8, 4) is 0 Å². The average molecular weight is 512 g/mol. The van der Waals surface area contributed by atoms with Crippen LogP contribution >= 0.6 is 24.6 Å². The van der Waals surface area contributed by atoms with Crippen molar-refractivity contribution in [2.45, 2.75) is 90.9 Å². The van der Waals surface area contributed by atoms with Crippen LogP contribution in [0.3, 0.4) is 0 Å². The van der Waals surface area contributed by atoms with Gasteiger partial charge in [0.1, 0.15) is 12.4 Å². The van der Waals surface area contributed by atoms with Crippen LogP contribution in [-0.4, -0.2) is 21.6 Å². The van der Waals surface area contributed by atoms with Crippen molar-refractivity contribution in [2.75, 3.05) is 0 Å². The van der Waals surface area contributed by atoms with Crippen molar-refractivity contribution >= 4 is 35.2 Å². The molecule has 0 saturated carbocycles. The third-order valence-electron chi connectivity index (χ3n) is 4.69.